The van der Waals surface area contributed by atoms with Crippen LogP contribution in [0.1, 0.15) is 16.7 Å². The van der Waals surface area contributed by atoms with E-state index in [1.54, 1.807) is 29.2 Å². The van der Waals surface area contributed by atoms with Gasteiger partial charge >= 0.3 is 0 Å². The summed E-state index contributed by atoms with van der Waals surface area (Å²) in [5, 5.41) is 11.4. The van der Waals surface area contributed by atoms with E-state index in [-0.39, 0.29) is 25.0 Å². The van der Waals surface area contributed by atoms with Gasteiger partial charge in [0.1, 0.15) is 13.2 Å². The van der Waals surface area contributed by atoms with Gasteiger partial charge in [0, 0.05) is 18.8 Å². The molecule has 2 amide bonds. The number of hydrogen-bond acceptors (Lipinski definition) is 4. The Balaban J connectivity index is 1.42. The highest BCUT2D eigenvalue weighted by molar-refractivity contribution is 5.91. The number of anilines is 1. The monoisotopic (exact) mass is 349 g/mol. The van der Waals surface area contributed by atoms with Crippen LogP contribution >= 0.6 is 0 Å². The summed E-state index contributed by atoms with van der Waals surface area (Å²) in [6, 6.07) is 16.6. The average Bonchev–Trinajstić information content (AvgIpc) is 2.68. The van der Waals surface area contributed by atoms with Gasteiger partial charge in [-0.25, -0.2) is 0 Å². The highest BCUT2D eigenvalue weighted by Gasteiger charge is 2.20. The third-order valence-electron chi connectivity index (χ3n) is 4.24. The molecule has 6 nitrogen and oxygen atoms in total. The molecular formula is C20H19N3O3. The molecule has 1 aliphatic rings. The van der Waals surface area contributed by atoms with Crippen LogP contribution < -0.4 is 5.32 Å². The van der Waals surface area contributed by atoms with Crippen molar-refractivity contribution in [3.8, 4) is 6.07 Å². The molecule has 0 aromatic heterocycles. The van der Waals surface area contributed by atoms with Crippen LogP contribution in [0.25, 0.3) is 0 Å². The van der Waals surface area contributed by atoms with Crippen molar-refractivity contribution in [1.29, 1.82) is 5.26 Å². The van der Waals surface area contributed by atoms with Gasteiger partial charge in [-0.3, -0.25) is 9.59 Å². The SMILES string of the molecule is N#Cc1ccc(NC(=O)COCC(=O)N2CCc3ccccc3C2)cc1. The van der Waals surface area contributed by atoms with Crippen molar-refractivity contribution in [3.05, 3.63) is 65.2 Å². The Hall–Kier alpha value is -3.17. The summed E-state index contributed by atoms with van der Waals surface area (Å²) in [5.41, 5.74) is 3.54. The Kier molecular flexibility index (Phi) is 5.62. The average molecular weight is 349 g/mol. The van der Waals surface area contributed by atoms with E-state index >= 15 is 0 Å². The maximum absolute atomic E-state index is 12.3. The fourth-order valence-corrected chi connectivity index (χ4v) is 2.86. The van der Waals surface area contributed by atoms with Crippen molar-refractivity contribution in [1.82, 2.24) is 4.90 Å². The van der Waals surface area contributed by atoms with Gasteiger partial charge in [0.2, 0.25) is 11.8 Å². The molecular weight excluding hydrogens is 330 g/mol. The predicted octanol–water partition coefficient (Wildman–Crippen LogP) is 2.10. The minimum atomic E-state index is -0.341. The third-order valence-corrected chi connectivity index (χ3v) is 4.24. The second-order valence-corrected chi connectivity index (χ2v) is 6.06. The van der Waals surface area contributed by atoms with Gasteiger partial charge in [-0.15, -0.1) is 0 Å². The van der Waals surface area contributed by atoms with Crippen molar-refractivity contribution in [2.75, 3.05) is 25.1 Å². The maximum atomic E-state index is 12.3. The summed E-state index contributed by atoms with van der Waals surface area (Å²) in [6.45, 7) is 0.922. The van der Waals surface area contributed by atoms with Crippen LogP contribution in [0.4, 0.5) is 5.69 Å². The maximum Gasteiger partial charge on any atom is 0.250 e. The molecule has 132 valence electrons. The number of amides is 2. The van der Waals surface area contributed by atoms with Crippen LogP contribution in [0.5, 0.6) is 0 Å². The zero-order valence-electron chi connectivity index (χ0n) is 14.3. The van der Waals surface area contributed by atoms with E-state index in [4.69, 9.17) is 10.00 Å². The largest absolute Gasteiger partial charge is 0.362 e. The number of hydrogen-bond donors (Lipinski definition) is 1. The lowest BCUT2D eigenvalue weighted by Gasteiger charge is -2.28. The summed E-state index contributed by atoms with van der Waals surface area (Å²) in [5.74, 6) is -0.461. The second-order valence-electron chi connectivity index (χ2n) is 6.06. The van der Waals surface area contributed by atoms with Gasteiger partial charge in [0.15, 0.2) is 0 Å². The quantitative estimate of drug-likeness (QED) is 0.896. The number of fused-ring (bicyclic) bond motifs is 1. The second kappa shape index (κ2) is 8.28. The lowest BCUT2D eigenvalue weighted by Crippen LogP contribution is -2.38. The van der Waals surface area contributed by atoms with Crippen LogP contribution in [0.15, 0.2) is 48.5 Å². The third kappa shape index (κ3) is 4.47. The van der Waals surface area contributed by atoms with E-state index in [2.05, 4.69) is 11.4 Å². The van der Waals surface area contributed by atoms with Gasteiger partial charge in [-0.05, 0) is 41.8 Å². The first-order valence-electron chi connectivity index (χ1n) is 8.38. The van der Waals surface area contributed by atoms with E-state index in [9.17, 15) is 9.59 Å². The van der Waals surface area contributed by atoms with Gasteiger partial charge in [0.25, 0.3) is 0 Å². The molecule has 0 fully saturated rings. The summed E-state index contributed by atoms with van der Waals surface area (Å²) < 4.78 is 5.26. The molecule has 0 radical (unpaired) electrons. The normalized spacial score (nSPS) is 12.8. The minimum Gasteiger partial charge on any atom is -0.362 e. The van der Waals surface area contributed by atoms with Gasteiger partial charge in [-0.2, -0.15) is 5.26 Å². The lowest BCUT2D eigenvalue weighted by atomic mass is 10.00. The van der Waals surface area contributed by atoms with Crippen LogP contribution in [-0.4, -0.2) is 36.5 Å². The number of carbonyl (C=O) groups is 2. The van der Waals surface area contributed by atoms with E-state index in [1.165, 1.54) is 5.56 Å². The standard InChI is InChI=1S/C20H19N3O3/c21-11-15-5-7-18(8-6-15)22-19(24)13-26-14-20(25)23-10-9-16-3-1-2-4-17(16)12-23/h1-8H,9-10,12-14H2,(H,22,24). The van der Waals surface area contributed by atoms with E-state index < -0.39 is 0 Å². The number of nitriles is 1. The van der Waals surface area contributed by atoms with Crippen molar-refractivity contribution in [2.45, 2.75) is 13.0 Å². The first-order chi connectivity index (χ1) is 12.7. The van der Waals surface area contributed by atoms with Crippen molar-refractivity contribution in [3.63, 3.8) is 0 Å². The van der Waals surface area contributed by atoms with Gasteiger partial charge in [-0.1, -0.05) is 24.3 Å². The van der Waals surface area contributed by atoms with Crippen LogP contribution in [0.2, 0.25) is 0 Å². The molecule has 0 spiro atoms. The lowest BCUT2D eigenvalue weighted by molar-refractivity contribution is -0.138. The Morgan fingerprint density at radius 3 is 2.54 bits per heavy atom. The molecule has 26 heavy (non-hydrogen) atoms. The highest BCUT2D eigenvalue weighted by atomic mass is 16.5. The summed E-state index contributed by atoms with van der Waals surface area (Å²) >= 11 is 0. The summed E-state index contributed by atoms with van der Waals surface area (Å²) in [4.78, 5) is 25.9. The number of rotatable bonds is 5. The Morgan fingerprint density at radius 2 is 1.81 bits per heavy atom. The van der Waals surface area contributed by atoms with Crippen LogP contribution in [0.3, 0.4) is 0 Å². The zero-order valence-corrected chi connectivity index (χ0v) is 14.3. The topological polar surface area (TPSA) is 82.4 Å². The molecule has 0 saturated carbocycles. The first kappa shape index (κ1) is 17.6. The molecule has 3 rings (SSSR count). The molecule has 2 aromatic rings. The Morgan fingerprint density at radius 1 is 1.08 bits per heavy atom. The molecule has 0 atom stereocenters. The van der Waals surface area contributed by atoms with Crippen molar-refractivity contribution >= 4 is 17.5 Å². The fraction of sp³-hybridized carbons (Fsp3) is 0.250. The molecule has 2 aromatic carbocycles. The smallest absolute Gasteiger partial charge is 0.250 e. The van der Waals surface area contributed by atoms with E-state index in [0.717, 1.165) is 12.0 Å². The van der Waals surface area contributed by atoms with Crippen molar-refractivity contribution in [2.24, 2.45) is 0 Å². The number of benzene rings is 2. The summed E-state index contributed by atoms with van der Waals surface area (Å²) in [6.07, 6.45) is 0.834. The van der Waals surface area contributed by atoms with Gasteiger partial charge < -0.3 is 15.0 Å². The fourth-order valence-electron chi connectivity index (χ4n) is 2.86. The van der Waals surface area contributed by atoms with Crippen molar-refractivity contribution < 1.29 is 14.3 Å². The molecule has 0 aliphatic carbocycles. The van der Waals surface area contributed by atoms with E-state index in [1.807, 2.05) is 24.3 Å². The highest BCUT2D eigenvalue weighted by Crippen LogP contribution is 2.18. The number of carbonyl (C=O) groups excluding carboxylic acids is 2. The van der Waals surface area contributed by atoms with Crippen LogP contribution in [0, 0.1) is 11.3 Å². The van der Waals surface area contributed by atoms with Gasteiger partial charge in [0.05, 0.1) is 11.6 Å². The molecule has 0 unspecified atom stereocenters. The molecule has 1 aliphatic heterocycles. The molecule has 1 heterocycles. The predicted molar refractivity (Wildman–Crippen MR) is 96.2 cm³/mol. The zero-order chi connectivity index (χ0) is 18.4. The Labute approximate surface area is 152 Å². The summed E-state index contributed by atoms with van der Waals surface area (Å²) in [7, 11) is 0. The molecule has 6 heteroatoms. The van der Waals surface area contributed by atoms with Crippen LogP contribution in [-0.2, 0) is 27.3 Å². The Bertz CT molecular complexity index is 840. The number of ether oxygens (including phenoxy) is 1. The molecule has 0 saturated heterocycles. The molecule has 0 bridgehead atoms. The minimum absolute atomic E-state index is 0.120. The molecule has 1 N–H and O–H groups in total. The number of nitrogens with zero attached hydrogens (tertiary/aromatic N) is 2. The van der Waals surface area contributed by atoms with E-state index in [0.29, 0.717) is 24.3 Å². The number of nitrogens with one attached hydrogen (secondary N) is 1. The first-order valence-corrected chi connectivity index (χ1v) is 8.38.